The van der Waals surface area contributed by atoms with Crippen LogP contribution in [0.1, 0.15) is 35.6 Å². The average Bonchev–Trinajstić information content (AvgIpc) is 3.38. The van der Waals surface area contributed by atoms with Gasteiger partial charge in [-0.2, -0.15) is 5.10 Å². The van der Waals surface area contributed by atoms with Gasteiger partial charge >= 0.3 is 0 Å². The lowest BCUT2D eigenvalue weighted by molar-refractivity contribution is 0.0974. The van der Waals surface area contributed by atoms with Gasteiger partial charge in [-0.05, 0) is 49.2 Å². The molecule has 7 heteroatoms. The van der Waals surface area contributed by atoms with Gasteiger partial charge in [0.15, 0.2) is 5.13 Å². The first-order valence-corrected chi connectivity index (χ1v) is 10.1. The number of amides is 1. The van der Waals surface area contributed by atoms with Crippen LogP contribution in [-0.4, -0.2) is 25.7 Å². The van der Waals surface area contributed by atoms with Crippen LogP contribution in [-0.2, 0) is 19.5 Å². The Morgan fingerprint density at radius 2 is 2.04 bits per heavy atom. The molecule has 0 aliphatic heterocycles. The number of nitrogens with zero attached hydrogens (tertiary/aromatic N) is 5. The minimum atomic E-state index is -0.125. The van der Waals surface area contributed by atoms with Crippen molar-refractivity contribution in [3.8, 4) is 0 Å². The van der Waals surface area contributed by atoms with E-state index in [1.807, 2.05) is 31.2 Å². The van der Waals surface area contributed by atoms with E-state index >= 15 is 0 Å². The lowest BCUT2D eigenvalue weighted by Gasteiger charge is -2.19. The summed E-state index contributed by atoms with van der Waals surface area (Å²) < 4.78 is 2.79. The molecule has 142 valence electrons. The predicted octanol–water partition coefficient (Wildman–Crippen LogP) is 4.32. The van der Waals surface area contributed by atoms with Crippen molar-refractivity contribution in [2.24, 2.45) is 0 Å². The third-order valence-electron chi connectivity index (χ3n) is 4.61. The van der Waals surface area contributed by atoms with Crippen molar-refractivity contribution < 1.29 is 4.79 Å². The van der Waals surface area contributed by atoms with Crippen LogP contribution >= 0.6 is 11.3 Å². The van der Waals surface area contributed by atoms with Crippen LogP contribution in [0.2, 0.25) is 0 Å². The van der Waals surface area contributed by atoms with E-state index in [2.05, 4.69) is 29.1 Å². The molecule has 1 aromatic carbocycles. The third-order valence-corrected chi connectivity index (χ3v) is 5.65. The number of fused-ring (bicyclic) bond motifs is 1. The van der Waals surface area contributed by atoms with Crippen molar-refractivity contribution in [2.75, 3.05) is 4.90 Å². The van der Waals surface area contributed by atoms with Gasteiger partial charge in [0.1, 0.15) is 5.69 Å². The number of benzene rings is 1. The lowest BCUT2D eigenvalue weighted by atomic mass is 10.2. The molecule has 0 spiro atoms. The van der Waals surface area contributed by atoms with E-state index in [4.69, 9.17) is 4.98 Å². The molecule has 0 bridgehead atoms. The summed E-state index contributed by atoms with van der Waals surface area (Å²) in [5.41, 5.74) is 3.52. The highest BCUT2D eigenvalue weighted by molar-refractivity contribution is 7.22. The van der Waals surface area contributed by atoms with Crippen molar-refractivity contribution in [3.05, 3.63) is 71.8 Å². The van der Waals surface area contributed by atoms with E-state index in [9.17, 15) is 4.79 Å². The van der Waals surface area contributed by atoms with Gasteiger partial charge in [0.05, 0.1) is 22.5 Å². The first-order valence-electron chi connectivity index (χ1n) is 9.32. The van der Waals surface area contributed by atoms with Crippen LogP contribution in [0.5, 0.6) is 0 Å². The first kappa shape index (κ1) is 18.3. The molecule has 3 aromatic heterocycles. The Morgan fingerprint density at radius 3 is 2.79 bits per heavy atom. The second kappa shape index (κ2) is 7.90. The van der Waals surface area contributed by atoms with Crippen LogP contribution in [0, 0.1) is 0 Å². The zero-order valence-electron chi connectivity index (χ0n) is 15.9. The number of rotatable bonds is 6. The van der Waals surface area contributed by atoms with Gasteiger partial charge in [0.2, 0.25) is 0 Å². The molecule has 0 saturated carbocycles. The Kier molecular flexibility index (Phi) is 5.16. The fraction of sp³-hybridized carbons (Fsp3) is 0.238. The van der Waals surface area contributed by atoms with Crippen molar-refractivity contribution in [2.45, 2.75) is 33.4 Å². The molecule has 4 rings (SSSR count). The summed E-state index contributed by atoms with van der Waals surface area (Å²) in [5, 5.41) is 4.91. The third kappa shape index (κ3) is 3.53. The molecule has 4 aromatic rings. The summed E-state index contributed by atoms with van der Waals surface area (Å²) in [6, 6.07) is 13.7. The number of anilines is 1. The fourth-order valence-corrected chi connectivity index (χ4v) is 4.10. The molecule has 0 N–H and O–H groups in total. The van der Waals surface area contributed by atoms with Gasteiger partial charge in [-0.3, -0.25) is 19.4 Å². The summed E-state index contributed by atoms with van der Waals surface area (Å²) in [6.07, 6.45) is 4.36. The van der Waals surface area contributed by atoms with Gasteiger partial charge in [-0.25, -0.2) is 4.98 Å². The van der Waals surface area contributed by atoms with Crippen molar-refractivity contribution >= 4 is 32.6 Å². The molecule has 0 aliphatic rings. The second-order valence-electron chi connectivity index (χ2n) is 6.40. The normalized spacial score (nSPS) is 11.1. The zero-order chi connectivity index (χ0) is 19.5. The van der Waals surface area contributed by atoms with Crippen LogP contribution in [0.15, 0.2) is 54.9 Å². The van der Waals surface area contributed by atoms with E-state index in [-0.39, 0.29) is 5.91 Å². The fourth-order valence-electron chi connectivity index (χ4n) is 3.08. The molecule has 1 amide bonds. The van der Waals surface area contributed by atoms with E-state index < -0.39 is 0 Å². The van der Waals surface area contributed by atoms with E-state index in [1.54, 1.807) is 28.0 Å². The molecule has 0 radical (unpaired) electrons. The molecule has 0 unspecified atom stereocenters. The largest absolute Gasteiger partial charge is 0.278 e. The maximum absolute atomic E-state index is 13.4. The summed E-state index contributed by atoms with van der Waals surface area (Å²) in [5.74, 6) is -0.125. The van der Waals surface area contributed by atoms with Gasteiger partial charge in [-0.1, -0.05) is 30.4 Å². The van der Waals surface area contributed by atoms with Gasteiger partial charge in [0.25, 0.3) is 5.91 Å². The van der Waals surface area contributed by atoms with E-state index in [0.29, 0.717) is 23.9 Å². The molecule has 0 fully saturated rings. The van der Waals surface area contributed by atoms with E-state index in [1.165, 1.54) is 16.9 Å². The Morgan fingerprint density at radius 1 is 1.14 bits per heavy atom. The Balaban J connectivity index is 1.77. The van der Waals surface area contributed by atoms with Crippen LogP contribution in [0.4, 0.5) is 5.13 Å². The molecule has 6 nitrogen and oxygen atoms in total. The highest BCUT2D eigenvalue weighted by atomic mass is 32.1. The SMILES string of the molecule is CCc1ccc2nc(N(Cc3ccccn3)C(=O)c3ccnn3CC)sc2c1. The predicted molar refractivity (Wildman–Crippen MR) is 112 cm³/mol. The maximum Gasteiger partial charge on any atom is 0.278 e. The first-order chi connectivity index (χ1) is 13.7. The van der Waals surface area contributed by atoms with Crippen LogP contribution in [0.25, 0.3) is 10.2 Å². The summed E-state index contributed by atoms with van der Waals surface area (Å²) in [7, 11) is 0. The number of carbonyl (C=O) groups excluding carboxylic acids is 1. The van der Waals surface area contributed by atoms with Crippen molar-refractivity contribution in [3.63, 3.8) is 0 Å². The second-order valence-corrected chi connectivity index (χ2v) is 7.41. The molecule has 0 atom stereocenters. The number of thiazole rings is 1. The van der Waals surface area contributed by atoms with Gasteiger partial charge in [-0.15, -0.1) is 0 Å². The van der Waals surface area contributed by atoms with Crippen molar-refractivity contribution in [1.29, 1.82) is 0 Å². The highest BCUT2D eigenvalue weighted by Gasteiger charge is 2.24. The number of pyridine rings is 1. The van der Waals surface area contributed by atoms with Crippen LogP contribution in [0.3, 0.4) is 0 Å². The Bertz CT molecular complexity index is 1100. The number of carbonyl (C=O) groups is 1. The quantitative estimate of drug-likeness (QED) is 0.491. The Labute approximate surface area is 167 Å². The molecule has 3 heterocycles. The van der Waals surface area contributed by atoms with Crippen molar-refractivity contribution in [1.82, 2.24) is 19.7 Å². The maximum atomic E-state index is 13.4. The highest BCUT2D eigenvalue weighted by Crippen LogP contribution is 2.31. The molecular formula is C21H21N5OS. The average molecular weight is 392 g/mol. The minimum absolute atomic E-state index is 0.125. The number of aromatic nitrogens is 4. The zero-order valence-corrected chi connectivity index (χ0v) is 16.7. The lowest BCUT2D eigenvalue weighted by Crippen LogP contribution is -2.32. The summed E-state index contributed by atoms with van der Waals surface area (Å²) >= 11 is 1.53. The topological polar surface area (TPSA) is 63.9 Å². The molecular weight excluding hydrogens is 370 g/mol. The standard InChI is InChI=1S/C21H21N5OS/c1-3-15-8-9-17-19(13-15)28-21(24-17)25(14-16-7-5-6-11-22-16)20(27)18-10-12-23-26(18)4-2/h5-13H,3-4,14H2,1-2H3. The molecule has 0 saturated heterocycles. The summed E-state index contributed by atoms with van der Waals surface area (Å²) in [4.78, 5) is 24.2. The van der Waals surface area contributed by atoms with Crippen LogP contribution < -0.4 is 4.90 Å². The number of hydrogen-bond donors (Lipinski definition) is 0. The van der Waals surface area contributed by atoms with Gasteiger partial charge in [0, 0.05) is 18.9 Å². The smallest absolute Gasteiger partial charge is 0.277 e. The van der Waals surface area contributed by atoms with Gasteiger partial charge < -0.3 is 0 Å². The summed E-state index contributed by atoms with van der Waals surface area (Å²) in [6.45, 7) is 5.09. The monoisotopic (exact) mass is 391 g/mol. The minimum Gasteiger partial charge on any atom is -0.277 e. The van der Waals surface area contributed by atoms with E-state index in [0.717, 1.165) is 22.3 Å². The number of aryl methyl sites for hydroxylation is 2. The molecule has 0 aliphatic carbocycles. The molecule has 28 heavy (non-hydrogen) atoms. The number of hydrogen-bond acceptors (Lipinski definition) is 5. The Hall–Kier alpha value is -3.06.